The van der Waals surface area contributed by atoms with Crippen LogP contribution in [0.5, 0.6) is 11.5 Å². The van der Waals surface area contributed by atoms with Gasteiger partial charge in [-0.25, -0.2) is 0 Å². The lowest BCUT2D eigenvalue weighted by Crippen LogP contribution is -2.21. The molecule has 0 radical (unpaired) electrons. The van der Waals surface area contributed by atoms with Gasteiger partial charge in [0.05, 0.1) is 0 Å². The van der Waals surface area contributed by atoms with E-state index in [2.05, 4.69) is 26.6 Å². The Morgan fingerprint density at radius 2 is 1.26 bits per heavy atom. The lowest BCUT2D eigenvalue weighted by Gasteiger charge is -2.09. The molecule has 7 nitrogen and oxygen atoms in total. The van der Waals surface area contributed by atoms with Crippen LogP contribution in [-0.4, -0.2) is 24.4 Å². The monoisotopic (exact) mass is 524 g/mol. The first-order chi connectivity index (χ1) is 16.4. The number of rotatable bonds is 10. The summed E-state index contributed by atoms with van der Waals surface area (Å²) in [5.41, 5.74) is 2.34. The minimum atomic E-state index is -0.527. The maximum Gasteiger partial charge on any atom is 0.306 e. The van der Waals surface area contributed by atoms with Gasteiger partial charge in [0, 0.05) is 28.7 Å². The molecule has 34 heavy (non-hydrogen) atoms. The van der Waals surface area contributed by atoms with Crippen molar-refractivity contribution in [1.29, 1.82) is 0 Å². The third-order valence-corrected chi connectivity index (χ3v) is 5.20. The van der Waals surface area contributed by atoms with E-state index in [9.17, 15) is 14.4 Å². The van der Waals surface area contributed by atoms with Crippen LogP contribution in [0.3, 0.4) is 0 Å². The normalized spacial score (nSPS) is 10.3. The van der Waals surface area contributed by atoms with Gasteiger partial charge < -0.3 is 20.1 Å². The van der Waals surface area contributed by atoms with Crippen LogP contribution in [-0.2, 0) is 19.1 Å². The summed E-state index contributed by atoms with van der Waals surface area (Å²) < 4.78 is 11.7. The van der Waals surface area contributed by atoms with Crippen LogP contribution in [0.4, 0.5) is 11.4 Å². The van der Waals surface area contributed by atoms with Crippen LogP contribution in [0.25, 0.3) is 0 Å². The summed E-state index contributed by atoms with van der Waals surface area (Å²) in [5.74, 6) is 0.198. The summed E-state index contributed by atoms with van der Waals surface area (Å²) in [7, 11) is 0. The first-order valence-electron chi connectivity index (χ1n) is 10.7. The van der Waals surface area contributed by atoms with Crippen molar-refractivity contribution < 1.29 is 23.9 Å². The molecule has 2 N–H and O–H groups in total. The summed E-state index contributed by atoms with van der Waals surface area (Å²) in [6, 6.07) is 21.8. The van der Waals surface area contributed by atoms with Gasteiger partial charge in [0.15, 0.2) is 6.61 Å². The molecule has 2 amide bonds. The Morgan fingerprint density at radius 1 is 0.735 bits per heavy atom. The average Bonchev–Trinajstić information content (AvgIpc) is 2.82. The largest absolute Gasteiger partial charge is 0.457 e. The molecule has 8 heteroatoms. The van der Waals surface area contributed by atoms with E-state index >= 15 is 0 Å². The lowest BCUT2D eigenvalue weighted by atomic mass is 10.2. The Morgan fingerprint density at radius 3 is 1.88 bits per heavy atom. The molecule has 0 aromatic heterocycles. The molecule has 0 heterocycles. The molecule has 0 fully saturated rings. The van der Waals surface area contributed by atoms with Gasteiger partial charge in [-0.15, -0.1) is 0 Å². The van der Waals surface area contributed by atoms with Crippen LogP contribution in [0, 0.1) is 6.92 Å². The highest BCUT2D eigenvalue weighted by molar-refractivity contribution is 9.10. The highest BCUT2D eigenvalue weighted by atomic mass is 79.9. The fourth-order valence-corrected chi connectivity index (χ4v) is 3.18. The smallest absolute Gasteiger partial charge is 0.306 e. The van der Waals surface area contributed by atoms with Gasteiger partial charge in [-0.3, -0.25) is 14.4 Å². The minimum Gasteiger partial charge on any atom is -0.457 e. The second kappa shape index (κ2) is 12.6. The van der Waals surface area contributed by atoms with E-state index in [1.807, 2.05) is 43.3 Å². The number of hydrogen-bond donors (Lipinski definition) is 2. The Kier molecular flexibility index (Phi) is 9.22. The Hall–Kier alpha value is -3.65. The molecule has 3 aromatic carbocycles. The number of carbonyl (C=O) groups excluding carboxylic acids is 3. The molecule has 0 aliphatic rings. The van der Waals surface area contributed by atoms with Crippen molar-refractivity contribution in [3.8, 4) is 11.5 Å². The maximum atomic E-state index is 12.1. The molecule has 3 aromatic rings. The first kappa shape index (κ1) is 25.0. The second-order valence-corrected chi connectivity index (χ2v) is 8.47. The molecule has 3 rings (SSSR count). The highest BCUT2D eigenvalue weighted by Gasteiger charge is 2.10. The molecule has 0 unspecified atom stereocenters. The standard InChI is InChI=1S/C26H25BrN2O5/c1-18-5-9-20(10-6-18)29-25(31)17-33-26(32)4-2-3-24(30)28-21-11-15-23(16-12-21)34-22-13-7-19(27)8-14-22/h5-16H,2-4,17H2,1H3,(H,28,30)(H,29,31). The van der Waals surface area contributed by atoms with E-state index in [0.717, 1.165) is 10.0 Å². The van der Waals surface area contributed by atoms with E-state index in [-0.39, 0.29) is 25.4 Å². The molecule has 0 bridgehead atoms. The van der Waals surface area contributed by atoms with Gasteiger partial charge in [0.1, 0.15) is 11.5 Å². The minimum absolute atomic E-state index is 0.0468. The van der Waals surface area contributed by atoms with Crippen molar-refractivity contribution >= 4 is 45.1 Å². The number of esters is 1. The number of benzene rings is 3. The van der Waals surface area contributed by atoms with Crippen LogP contribution >= 0.6 is 15.9 Å². The predicted molar refractivity (Wildman–Crippen MR) is 134 cm³/mol. The van der Waals surface area contributed by atoms with Crippen molar-refractivity contribution in [3.63, 3.8) is 0 Å². The van der Waals surface area contributed by atoms with E-state index < -0.39 is 11.9 Å². The number of ether oxygens (including phenoxy) is 2. The van der Waals surface area contributed by atoms with Gasteiger partial charge in [-0.2, -0.15) is 0 Å². The number of nitrogens with one attached hydrogen (secondary N) is 2. The van der Waals surface area contributed by atoms with Crippen molar-refractivity contribution in [1.82, 2.24) is 0 Å². The summed E-state index contributed by atoms with van der Waals surface area (Å²) in [6.07, 6.45) is 0.516. The number of amides is 2. The van der Waals surface area contributed by atoms with E-state index in [0.29, 0.717) is 29.3 Å². The summed E-state index contributed by atoms with van der Waals surface area (Å²) in [4.78, 5) is 35.8. The molecule has 0 atom stereocenters. The lowest BCUT2D eigenvalue weighted by molar-refractivity contribution is -0.147. The van der Waals surface area contributed by atoms with Crippen LogP contribution in [0.1, 0.15) is 24.8 Å². The van der Waals surface area contributed by atoms with E-state index in [1.54, 1.807) is 36.4 Å². The molecular weight excluding hydrogens is 500 g/mol. The quantitative estimate of drug-likeness (QED) is 0.325. The number of aryl methyl sites for hydroxylation is 1. The van der Waals surface area contributed by atoms with Gasteiger partial charge in [-0.05, 0) is 74.0 Å². The molecule has 0 saturated heterocycles. The highest BCUT2D eigenvalue weighted by Crippen LogP contribution is 2.24. The summed E-state index contributed by atoms with van der Waals surface area (Å²) >= 11 is 3.38. The predicted octanol–water partition coefficient (Wildman–Crippen LogP) is 5.84. The van der Waals surface area contributed by atoms with Crippen LogP contribution < -0.4 is 15.4 Å². The Bertz CT molecular complexity index is 1110. The number of hydrogen-bond acceptors (Lipinski definition) is 5. The van der Waals surface area contributed by atoms with Crippen molar-refractivity contribution in [2.24, 2.45) is 0 Å². The van der Waals surface area contributed by atoms with E-state index in [1.165, 1.54) is 0 Å². The van der Waals surface area contributed by atoms with E-state index in [4.69, 9.17) is 9.47 Å². The molecule has 0 spiro atoms. The Labute approximate surface area is 206 Å². The molecule has 0 aliphatic carbocycles. The third kappa shape index (κ3) is 8.71. The summed E-state index contributed by atoms with van der Waals surface area (Å²) in [6.45, 7) is 1.58. The van der Waals surface area contributed by atoms with Crippen LogP contribution in [0.2, 0.25) is 0 Å². The number of anilines is 2. The van der Waals surface area contributed by atoms with Crippen molar-refractivity contribution in [2.75, 3.05) is 17.2 Å². The van der Waals surface area contributed by atoms with Crippen LogP contribution in [0.15, 0.2) is 77.3 Å². The van der Waals surface area contributed by atoms with Gasteiger partial charge >= 0.3 is 5.97 Å². The zero-order valence-corrected chi connectivity index (χ0v) is 20.3. The number of carbonyl (C=O) groups is 3. The third-order valence-electron chi connectivity index (χ3n) is 4.67. The van der Waals surface area contributed by atoms with Gasteiger partial charge in [0.2, 0.25) is 5.91 Å². The zero-order chi connectivity index (χ0) is 24.3. The first-order valence-corrected chi connectivity index (χ1v) is 11.5. The fourth-order valence-electron chi connectivity index (χ4n) is 2.91. The van der Waals surface area contributed by atoms with Gasteiger partial charge in [-0.1, -0.05) is 33.6 Å². The fraction of sp³-hybridized carbons (Fsp3) is 0.192. The molecule has 176 valence electrons. The molecule has 0 aliphatic heterocycles. The zero-order valence-electron chi connectivity index (χ0n) is 18.7. The number of halogens is 1. The molecular formula is C26H25BrN2O5. The SMILES string of the molecule is Cc1ccc(NC(=O)COC(=O)CCCC(=O)Nc2ccc(Oc3ccc(Br)cc3)cc2)cc1. The van der Waals surface area contributed by atoms with Crippen molar-refractivity contribution in [2.45, 2.75) is 26.2 Å². The summed E-state index contributed by atoms with van der Waals surface area (Å²) in [5, 5.41) is 5.43. The Balaban J connectivity index is 1.32. The maximum absolute atomic E-state index is 12.1. The van der Waals surface area contributed by atoms with Gasteiger partial charge in [0.25, 0.3) is 5.91 Å². The average molecular weight is 525 g/mol. The topological polar surface area (TPSA) is 93.7 Å². The molecule has 0 saturated carbocycles. The second-order valence-electron chi connectivity index (χ2n) is 7.56. The van der Waals surface area contributed by atoms with Crippen molar-refractivity contribution in [3.05, 3.63) is 82.8 Å².